The number of hydrogen-bond donors (Lipinski definition) is 1. The molecule has 1 N–H and O–H groups in total. The molecule has 0 aromatic heterocycles. The first-order valence-electron chi connectivity index (χ1n) is 5.22. The van der Waals surface area contributed by atoms with Gasteiger partial charge in [0.15, 0.2) is 6.29 Å². The second-order valence-electron chi connectivity index (χ2n) is 3.37. The molecule has 0 heterocycles. The van der Waals surface area contributed by atoms with E-state index < -0.39 is 18.0 Å². The zero-order chi connectivity index (χ0) is 15.2. The average Bonchev–Trinajstić information content (AvgIpc) is 2.47. The molecule has 9 nitrogen and oxygen atoms in total. The van der Waals surface area contributed by atoms with Gasteiger partial charge in [-0.1, -0.05) is 0 Å². The van der Waals surface area contributed by atoms with E-state index >= 15 is 0 Å². The van der Waals surface area contributed by atoms with E-state index in [-0.39, 0.29) is 12.0 Å². The van der Waals surface area contributed by atoms with Gasteiger partial charge < -0.3 is 9.05 Å². The molecule has 0 amide bonds. The summed E-state index contributed by atoms with van der Waals surface area (Å²) in [6.45, 7) is 0. The Bertz CT molecular complexity index is 563. The summed E-state index contributed by atoms with van der Waals surface area (Å²) in [6.07, 6.45) is 0.242. The van der Waals surface area contributed by atoms with Gasteiger partial charge in [0.05, 0.1) is 10.6 Å². The molecule has 0 bridgehead atoms. The number of carbonyl (C=O) groups is 1. The van der Waals surface area contributed by atoms with Gasteiger partial charge in [0.1, 0.15) is 0 Å². The van der Waals surface area contributed by atoms with Crippen molar-refractivity contribution in [1.82, 2.24) is 0 Å². The van der Waals surface area contributed by atoms with E-state index in [0.717, 1.165) is 14.2 Å². The van der Waals surface area contributed by atoms with Crippen LogP contribution in [0.1, 0.15) is 0 Å². The van der Waals surface area contributed by atoms with E-state index in [1.807, 2.05) is 0 Å². The first-order chi connectivity index (χ1) is 9.46. The minimum atomic E-state index is -3.74. The zero-order valence-corrected chi connectivity index (χ0v) is 11.6. The molecule has 0 fully saturated rings. The van der Waals surface area contributed by atoms with Gasteiger partial charge >= 0.3 is 7.60 Å². The maximum atomic E-state index is 11.9. The van der Waals surface area contributed by atoms with Gasteiger partial charge in [-0.25, -0.2) is 0 Å². The van der Waals surface area contributed by atoms with Crippen molar-refractivity contribution in [2.45, 2.75) is 0 Å². The Morgan fingerprint density at radius 3 is 2.30 bits per heavy atom. The van der Waals surface area contributed by atoms with Gasteiger partial charge in [0, 0.05) is 26.4 Å². The highest BCUT2D eigenvalue weighted by Crippen LogP contribution is 2.47. The molecule has 10 heteroatoms. The largest absolute Gasteiger partial charge is 0.384 e. The molecule has 108 valence electrons. The Kier molecular flexibility index (Phi) is 5.51. The lowest BCUT2D eigenvalue weighted by Crippen LogP contribution is -2.08. The Morgan fingerprint density at radius 2 is 1.90 bits per heavy atom. The van der Waals surface area contributed by atoms with Gasteiger partial charge in [-0.15, -0.1) is 0 Å². The molecule has 0 saturated carbocycles. The maximum absolute atomic E-state index is 11.9. The van der Waals surface area contributed by atoms with Crippen molar-refractivity contribution in [2.75, 3.05) is 19.6 Å². The van der Waals surface area contributed by atoms with Gasteiger partial charge in [0.25, 0.3) is 5.69 Å². The molecule has 1 aromatic rings. The number of hydrazone groups is 1. The lowest BCUT2D eigenvalue weighted by molar-refractivity contribution is -0.384. The summed E-state index contributed by atoms with van der Waals surface area (Å²) in [5, 5.41) is 14.1. The molecule has 0 aliphatic carbocycles. The maximum Gasteiger partial charge on any atom is 0.384 e. The normalized spacial score (nSPS) is 12.0. The standard InChI is InChI=1S/C10H12N3O6P/c1-18-20(17,19-2)10(7-14)12-11-8-3-5-9(6-4-8)13(15)16/h3-7,11H,1-2H3/b12-10+. The molecule has 20 heavy (non-hydrogen) atoms. The molecule has 0 atom stereocenters. The van der Waals surface area contributed by atoms with Crippen LogP contribution >= 0.6 is 7.60 Å². The summed E-state index contributed by atoms with van der Waals surface area (Å²) < 4.78 is 21.2. The number of hydrogen-bond acceptors (Lipinski definition) is 8. The van der Waals surface area contributed by atoms with Gasteiger partial charge in [0.2, 0.25) is 5.45 Å². The molecule has 1 aromatic carbocycles. The fourth-order valence-electron chi connectivity index (χ4n) is 1.19. The lowest BCUT2D eigenvalue weighted by Gasteiger charge is -2.11. The quantitative estimate of drug-likeness (QED) is 0.269. The van der Waals surface area contributed by atoms with E-state index in [2.05, 4.69) is 19.6 Å². The van der Waals surface area contributed by atoms with Crippen LogP contribution in [0.15, 0.2) is 29.4 Å². The number of nitrogens with one attached hydrogen (secondary N) is 1. The molecule has 0 aliphatic rings. The summed E-state index contributed by atoms with van der Waals surface area (Å²) in [5.74, 6) is 0. The summed E-state index contributed by atoms with van der Waals surface area (Å²) in [4.78, 5) is 20.8. The third kappa shape index (κ3) is 3.70. The summed E-state index contributed by atoms with van der Waals surface area (Å²) in [7, 11) is -1.50. The minimum Gasteiger partial charge on any atom is -0.307 e. The predicted octanol–water partition coefficient (Wildman–Crippen LogP) is 2.00. The zero-order valence-electron chi connectivity index (χ0n) is 10.7. The second kappa shape index (κ2) is 6.90. The third-order valence-corrected chi connectivity index (χ3v) is 3.97. The van der Waals surface area contributed by atoms with Gasteiger partial charge in [-0.2, -0.15) is 5.10 Å². The molecular formula is C10H12N3O6P. The Hall–Kier alpha value is -2.09. The Labute approximate surface area is 114 Å². The molecule has 0 saturated heterocycles. The Morgan fingerprint density at radius 1 is 1.35 bits per heavy atom. The summed E-state index contributed by atoms with van der Waals surface area (Å²) in [6, 6.07) is 5.28. The monoisotopic (exact) mass is 301 g/mol. The van der Waals surface area contributed by atoms with Crippen molar-refractivity contribution in [1.29, 1.82) is 0 Å². The molecule has 0 spiro atoms. The van der Waals surface area contributed by atoms with E-state index in [9.17, 15) is 19.5 Å². The van der Waals surface area contributed by atoms with Crippen LogP contribution in [0.5, 0.6) is 0 Å². The highest BCUT2D eigenvalue weighted by molar-refractivity contribution is 7.74. The van der Waals surface area contributed by atoms with E-state index in [0.29, 0.717) is 5.69 Å². The number of nitro groups is 1. The van der Waals surface area contributed by atoms with Crippen molar-refractivity contribution in [3.05, 3.63) is 34.4 Å². The van der Waals surface area contributed by atoms with Crippen LogP contribution in [0.4, 0.5) is 11.4 Å². The van der Waals surface area contributed by atoms with Crippen molar-refractivity contribution in [3.8, 4) is 0 Å². The van der Waals surface area contributed by atoms with Crippen LogP contribution in [0, 0.1) is 10.1 Å². The number of rotatable bonds is 7. The van der Waals surface area contributed by atoms with Gasteiger partial charge in [-0.05, 0) is 12.1 Å². The second-order valence-corrected chi connectivity index (χ2v) is 5.55. The van der Waals surface area contributed by atoms with Crippen molar-refractivity contribution in [3.63, 3.8) is 0 Å². The molecule has 0 aliphatic heterocycles. The molecule has 0 unspecified atom stereocenters. The van der Waals surface area contributed by atoms with E-state index in [4.69, 9.17) is 0 Å². The topological polar surface area (TPSA) is 120 Å². The summed E-state index contributed by atoms with van der Waals surface area (Å²) in [5.41, 5.74) is 2.28. The fourth-order valence-corrected chi connectivity index (χ4v) is 2.02. The van der Waals surface area contributed by atoms with E-state index in [1.165, 1.54) is 24.3 Å². The van der Waals surface area contributed by atoms with Crippen LogP contribution in [-0.4, -0.2) is 30.9 Å². The Balaban J connectivity index is 2.92. The molecule has 1 rings (SSSR count). The minimum absolute atomic E-state index is 0.0883. The van der Waals surface area contributed by atoms with Crippen LogP contribution < -0.4 is 5.43 Å². The lowest BCUT2D eigenvalue weighted by atomic mass is 10.3. The van der Waals surface area contributed by atoms with Crippen molar-refractivity contribution < 1.29 is 23.3 Å². The van der Waals surface area contributed by atoms with Crippen LogP contribution in [-0.2, 0) is 18.4 Å². The van der Waals surface area contributed by atoms with Crippen LogP contribution in [0.3, 0.4) is 0 Å². The third-order valence-electron chi connectivity index (χ3n) is 2.24. The number of nitrogens with zero attached hydrogens (tertiary/aromatic N) is 2. The van der Waals surface area contributed by atoms with Gasteiger partial charge in [-0.3, -0.25) is 24.9 Å². The number of aldehydes is 1. The number of nitro benzene ring substituents is 1. The number of non-ortho nitro benzene ring substituents is 1. The number of anilines is 1. The van der Waals surface area contributed by atoms with E-state index in [1.54, 1.807) is 0 Å². The smallest absolute Gasteiger partial charge is 0.307 e. The first kappa shape index (κ1) is 16.0. The molecular weight excluding hydrogens is 289 g/mol. The van der Waals surface area contributed by atoms with Crippen LogP contribution in [0.25, 0.3) is 0 Å². The van der Waals surface area contributed by atoms with Crippen molar-refractivity contribution in [2.24, 2.45) is 5.10 Å². The fraction of sp³-hybridized carbons (Fsp3) is 0.200. The highest BCUT2D eigenvalue weighted by Gasteiger charge is 2.29. The highest BCUT2D eigenvalue weighted by atomic mass is 31.2. The predicted molar refractivity (Wildman–Crippen MR) is 71.8 cm³/mol. The molecule has 0 radical (unpaired) electrons. The number of carbonyl (C=O) groups excluding carboxylic acids is 1. The van der Waals surface area contributed by atoms with Crippen molar-refractivity contribution >= 4 is 30.7 Å². The summed E-state index contributed by atoms with van der Waals surface area (Å²) >= 11 is 0. The first-order valence-corrected chi connectivity index (χ1v) is 6.76. The SMILES string of the molecule is COP(=O)(OC)/C(C=O)=N/Nc1ccc([N+](=O)[O-])cc1. The average molecular weight is 301 g/mol. The van der Waals surface area contributed by atoms with Crippen LogP contribution in [0.2, 0.25) is 0 Å². The number of benzene rings is 1.